The number of aromatic nitrogens is 2. The molecule has 0 aliphatic heterocycles. The van der Waals surface area contributed by atoms with Crippen molar-refractivity contribution in [2.45, 2.75) is 51.6 Å². The van der Waals surface area contributed by atoms with E-state index < -0.39 is 0 Å². The molecule has 4 nitrogen and oxygen atoms in total. The zero-order valence-corrected chi connectivity index (χ0v) is 12.3. The Morgan fingerprint density at radius 1 is 1.47 bits per heavy atom. The fourth-order valence-corrected chi connectivity index (χ4v) is 3.10. The van der Waals surface area contributed by atoms with Crippen LogP contribution in [0.3, 0.4) is 0 Å². The molecular weight excluding hydrogens is 238 g/mol. The molecule has 0 aromatic carbocycles. The number of nitrogens with zero attached hydrogens (tertiary/aromatic N) is 2. The van der Waals surface area contributed by atoms with Gasteiger partial charge in [-0.1, -0.05) is 13.3 Å². The van der Waals surface area contributed by atoms with Crippen LogP contribution in [0, 0.1) is 12.8 Å². The zero-order chi connectivity index (χ0) is 13.9. The van der Waals surface area contributed by atoms with Crippen molar-refractivity contribution in [1.29, 1.82) is 0 Å². The molecule has 0 spiro atoms. The van der Waals surface area contributed by atoms with E-state index in [1.807, 2.05) is 13.0 Å². The van der Waals surface area contributed by atoms with E-state index in [-0.39, 0.29) is 5.60 Å². The number of rotatable bonds is 4. The number of nitrogens with two attached hydrogens (primary N) is 1. The van der Waals surface area contributed by atoms with Gasteiger partial charge >= 0.3 is 0 Å². The fraction of sp³-hybridized carbons (Fsp3) is 0.733. The van der Waals surface area contributed by atoms with E-state index in [4.69, 9.17) is 15.5 Å². The van der Waals surface area contributed by atoms with Crippen molar-refractivity contribution in [3.05, 3.63) is 23.3 Å². The predicted octanol–water partition coefficient (Wildman–Crippen LogP) is 2.34. The molecule has 1 aromatic rings. The summed E-state index contributed by atoms with van der Waals surface area (Å²) in [6.07, 6.45) is 5.27. The van der Waals surface area contributed by atoms with Crippen LogP contribution in [0.15, 0.2) is 6.07 Å². The maximum atomic E-state index is 5.87. The Balaban J connectivity index is 2.36. The minimum Gasteiger partial charge on any atom is -0.370 e. The van der Waals surface area contributed by atoms with E-state index in [0.29, 0.717) is 12.5 Å². The Kier molecular flexibility index (Phi) is 4.53. The summed E-state index contributed by atoms with van der Waals surface area (Å²) >= 11 is 0. The average Bonchev–Trinajstić information content (AvgIpc) is 2.38. The zero-order valence-electron chi connectivity index (χ0n) is 12.3. The van der Waals surface area contributed by atoms with Crippen molar-refractivity contribution >= 4 is 0 Å². The van der Waals surface area contributed by atoms with Gasteiger partial charge in [-0.3, -0.25) is 0 Å². The summed E-state index contributed by atoms with van der Waals surface area (Å²) in [6, 6.07) is 2.02. The molecule has 2 rings (SSSR count). The molecule has 1 aromatic heterocycles. The van der Waals surface area contributed by atoms with Gasteiger partial charge in [0.05, 0.1) is 0 Å². The van der Waals surface area contributed by atoms with Gasteiger partial charge in [-0.05, 0) is 44.7 Å². The van der Waals surface area contributed by atoms with Gasteiger partial charge in [0.15, 0.2) is 5.82 Å². The Morgan fingerprint density at radius 3 is 2.89 bits per heavy atom. The number of ether oxygens (including phenoxy) is 1. The number of hydrogen-bond acceptors (Lipinski definition) is 4. The third kappa shape index (κ3) is 3.12. The molecule has 2 N–H and O–H groups in total. The lowest BCUT2D eigenvalue weighted by molar-refractivity contribution is -0.0648. The SMILES string of the molecule is COC1(c2nc(C)cc(CCN)n2)CCCC(C)C1. The van der Waals surface area contributed by atoms with Crippen molar-refractivity contribution in [3.8, 4) is 0 Å². The van der Waals surface area contributed by atoms with Gasteiger partial charge in [-0.25, -0.2) is 9.97 Å². The van der Waals surface area contributed by atoms with Crippen LogP contribution < -0.4 is 5.73 Å². The normalized spacial score (nSPS) is 27.5. The van der Waals surface area contributed by atoms with Gasteiger partial charge in [0.25, 0.3) is 0 Å². The second kappa shape index (κ2) is 5.97. The van der Waals surface area contributed by atoms with Crippen molar-refractivity contribution < 1.29 is 4.74 Å². The molecule has 19 heavy (non-hydrogen) atoms. The molecule has 4 heteroatoms. The molecule has 1 aliphatic rings. The minimum absolute atomic E-state index is 0.299. The van der Waals surface area contributed by atoms with Crippen LogP contribution in [-0.4, -0.2) is 23.6 Å². The average molecular weight is 263 g/mol. The summed E-state index contributed by atoms with van der Waals surface area (Å²) in [5, 5.41) is 0. The third-order valence-corrected chi connectivity index (χ3v) is 4.06. The summed E-state index contributed by atoms with van der Waals surface area (Å²) in [6.45, 7) is 4.91. The van der Waals surface area contributed by atoms with Crippen LogP contribution in [0.1, 0.15) is 49.8 Å². The largest absolute Gasteiger partial charge is 0.370 e. The van der Waals surface area contributed by atoms with Crippen molar-refractivity contribution in [2.75, 3.05) is 13.7 Å². The van der Waals surface area contributed by atoms with Gasteiger partial charge in [0, 0.05) is 24.9 Å². The molecule has 1 saturated carbocycles. The molecule has 0 radical (unpaired) electrons. The van der Waals surface area contributed by atoms with Gasteiger partial charge in [0.2, 0.25) is 0 Å². The summed E-state index contributed by atoms with van der Waals surface area (Å²) in [5.41, 5.74) is 7.37. The van der Waals surface area contributed by atoms with Gasteiger partial charge in [-0.2, -0.15) is 0 Å². The van der Waals surface area contributed by atoms with Crippen LogP contribution in [0.25, 0.3) is 0 Å². The fourth-order valence-electron chi connectivity index (χ4n) is 3.10. The molecular formula is C15H25N3O. The van der Waals surface area contributed by atoms with Gasteiger partial charge < -0.3 is 10.5 Å². The molecule has 1 heterocycles. The van der Waals surface area contributed by atoms with E-state index in [1.165, 1.54) is 12.8 Å². The first-order valence-corrected chi connectivity index (χ1v) is 7.20. The summed E-state index contributed by atoms with van der Waals surface area (Å²) < 4.78 is 5.87. The third-order valence-electron chi connectivity index (χ3n) is 4.06. The lowest BCUT2D eigenvalue weighted by atomic mass is 9.78. The summed E-state index contributed by atoms with van der Waals surface area (Å²) in [5.74, 6) is 1.51. The van der Waals surface area contributed by atoms with Crippen LogP contribution in [0.5, 0.6) is 0 Å². The first kappa shape index (κ1) is 14.4. The van der Waals surface area contributed by atoms with Gasteiger partial charge in [-0.15, -0.1) is 0 Å². The van der Waals surface area contributed by atoms with Crippen LogP contribution in [0.2, 0.25) is 0 Å². The van der Waals surface area contributed by atoms with Crippen molar-refractivity contribution in [2.24, 2.45) is 11.7 Å². The maximum Gasteiger partial charge on any atom is 0.160 e. The maximum absolute atomic E-state index is 5.87. The van der Waals surface area contributed by atoms with E-state index in [1.54, 1.807) is 7.11 Å². The Labute approximate surface area is 115 Å². The van der Waals surface area contributed by atoms with Crippen molar-refractivity contribution in [1.82, 2.24) is 9.97 Å². The standard InChI is InChI=1S/C15H25N3O/c1-11-5-4-7-15(10-11,19-3)14-17-12(2)9-13(18-14)6-8-16/h9,11H,4-8,10,16H2,1-3H3. The molecule has 0 bridgehead atoms. The molecule has 0 amide bonds. The van der Waals surface area contributed by atoms with E-state index in [9.17, 15) is 0 Å². The smallest absolute Gasteiger partial charge is 0.160 e. The topological polar surface area (TPSA) is 61.0 Å². The first-order chi connectivity index (χ1) is 9.09. The Hall–Kier alpha value is -1.00. The van der Waals surface area contributed by atoms with Crippen molar-refractivity contribution in [3.63, 3.8) is 0 Å². The molecule has 2 unspecified atom stereocenters. The van der Waals surface area contributed by atoms with Crippen LogP contribution >= 0.6 is 0 Å². The highest BCUT2D eigenvalue weighted by molar-refractivity contribution is 5.15. The Morgan fingerprint density at radius 2 is 2.26 bits per heavy atom. The van der Waals surface area contributed by atoms with E-state index >= 15 is 0 Å². The first-order valence-electron chi connectivity index (χ1n) is 7.20. The van der Waals surface area contributed by atoms with E-state index in [0.717, 1.165) is 36.5 Å². The predicted molar refractivity (Wildman–Crippen MR) is 75.8 cm³/mol. The lowest BCUT2D eigenvalue weighted by Crippen LogP contribution is -2.36. The summed E-state index contributed by atoms with van der Waals surface area (Å²) in [7, 11) is 1.78. The number of hydrogen-bond donors (Lipinski definition) is 1. The molecule has 1 aliphatic carbocycles. The second-order valence-electron chi connectivity index (χ2n) is 5.76. The quantitative estimate of drug-likeness (QED) is 0.905. The highest BCUT2D eigenvalue weighted by atomic mass is 16.5. The number of methoxy groups -OCH3 is 1. The second-order valence-corrected chi connectivity index (χ2v) is 5.76. The monoisotopic (exact) mass is 263 g/mol. The lowest BCUT2D eigenvalue weighted by Gasteiger charge is -2.37. The molecule has 106 valence electrons. The highest BCUT2D eigenvalue weighted by Gasteiger charge is 2.39. The van der Waals surface area contributed by atoms with Gasteiger partial charge in [0.1, 0.15) is 5.60 Å². The molecule has 1 fully saturated rings. The minimum atomic E-state index is -0.299. The van der Waals surface area contributed by atoms with Crippen LogP contribution in [0.4, 0.5) is 0 Å². The summed E-state index contributed by atoms with van der Waals surface area (Å²) in [4.78, 5) is 9.35. The molecule has 0 saturated heterocycles. The van der Waals surface area contributed by atoms with Crippen LogP contribution in [-0.2, 0) is 16.8 Å². The Bertz CT molecular complexity index is 435. The van der Waals surface area contributed by atoms with E-state index in [2.05, 4.69) is 11.9 Å². The number of aryl methyl sites for hydroxylation is 1. The highest BCUT2D eigenvalue weighted by Crippen LogP contribution is 2.41. The molecule has 2 atom stereocenters.